The number of esters is 1. The summed E-state index contributed by atoms with van der Waals surface area (Å²) in [5, 5.41) is 9.18. The summed E-state index contributed by atoms with van der Waals surface area (Å²) < 4.78 is 4.35. The summed E-state index contributed by atoms with van der Waals surface area (Å²) in [6, 6.07) is -0.620. The molecule has 0 amide bonds. The molecule has 15 heavy (non-hydrogen) atoms. The van der Waals surface area contributed by atoms with Crippen molar-refractivity contribution in [2.75, 3.05) is 7.11 Å². The van der Waals surface area contributed by atoms with E-state index in [1.165, 1.54) is 7.11 Å². The Kier molecular flexibility index (Phi) is 4.15. The lowest BCUT2D eigenvalue weighted by Crippen LogP contribution is -2.38. The van der Waals surface area contributed by atoms with Crippen LogP contribution >= 0.6 is 22.6 Å². The number of methoxy groups -OCH3 is 1. The van der Waals surface area contributed by atoms with Crippen LogP contribution in [0.4, 0.5) is 0 Å². The van der Waals surface area contributed by atoms with Gasteiger partial charge in [0.05, 0.1) is 7.11 Å². The van der Waals surface area contributed by atoms with Gasteiger partial charge in [0.1, 0.15) is 11.8 Å². The molecule has 5 heteroatoms. The van der Waals surface area contributed by atoms with Crippen LogP contribution < -0.4 is 5.73 Å². The van der Waals surface area contributed by atoms with Crippen LogP contribution in [0.5, 0.6) is 0 Å². The fourth-order valence-electron chi connectivity index (χ4n) is 1.40. The maximum absolute atomic E-state index is 11.2. The minimum Gasteiger partial charge on any atom is -0.508 e. The zero-order chi connectivity index (χ0) is 11.5. The Morgan fingerprint density at radius 2 is 2.53 bits per heavy atom. The Morgan fingerprint density at radius 1 is 1.87 bits per heavy atom. The SMILES string of the molecule is COC(=O)[C@@H](N)CC1(I)C=CC(O)=CC1. The largest absolute Gasteiger partial charge is 0.508 e. The maximum Gasteiger partial charge on any atom is 0.322 e. The van der Waals surface area contributed by atoms with Gasteiger partial charge in [-0.3, -0.25) is 4.79 Å². The summed E-state index contributed by atoms with van der Waals surface area (Å²) in [6.45, 7) is 0. The number of hydrogen-bond donors (Lipinski definition) is 2. The number of halogens is 1. The highest BCUT2D eigenvalue weighted by atomic mass is 127. The van der Waals surface area contributed by atoms with Gasteiger partial charge < -0.3 is 15.6 Å². The molecule has 0 aromatic carbocycles. The number of nitrogens with two attached hydrogens (primary N) is 1. The number of rotatable bonds is 3. The van der Waals surface area contributed by atoms with Gasteiger partial charge in [-0.1, -0.05) is 28.7 Å². The van der Waals surface area contributed by atoms with Gasteiger partial charge in [-0.2, -0.15) is 0 Å². The van der Waals surface area contributed by atoms with E-state index in [2.05, 4.69) is 27.3 Å². The second kappa shape index (κ2) is 4.98. The van der Waals surface area contributed by atoms with E-state index >= 15 is 0 Å². The van der Waals surface area contributed by atoms with E-state index in [1.54, 1.807) is 12.2 Å². The summed E-state index contributed by atoms with van der Waals surface area (Å²) in [6.07, 6.45) is 6.38. The monoisotopic (exact) mass is 323 g/mol. The van der Waals surface area contributed by atoms with Gasteiger partial charge in [-0.15, -0.1) is 0 Å². The van der Waals surface area contributed by atoms with E-state index in [-0.39, 0.29) is 9.18 Å². The minimum absolute atomic E-state index is 0.211. The fraction of sp³-hybridized carbons (Fsp3) is 0.500. The van der Waals surface area contributed by atoms with Gasteiger partial charge in [0.2, 0.25) is 0 Å². The molecule has 0 heterocycles. The Bertz CT molecular complexity index is 314. The molecular formula is C10H14INO3. The van der Waals surface area contributed by atoms with Crippen molar-refractivity contribution in [1.29, 1.82) is 0 Å². The van der Waals surface area contributed by atoms with Crippen molar-refractivity contribution < 1.29 is 14.6 Å². The molecule has 0 spiro atoms. The standard InChI is InChI=1S/C10H14INO3/c1-15-9(14)8(12)6-10(11)4-2-7(13)3-5-10/h2-4,8,13H,5-6,12H2,1H3/t8-,10?/m0/s1. The van der Waals surface area contributed by atoms with E-state index in [4.69, 9.17) is 5.73 Å². The van der Waals surface area contributed by atoms with Gasteiger partial charge in [-0.05, 0) is 25.0 Å². The second-order valence-electron chi connectivity index (χ2n) is 3.53. The number of aliphatic hydroxyl groups is 1. The number of carbonyl (C=O) groups is 1. The molecule has 1 aliphatic rings. The summed E-state index contributed by atoms with van der Waals surface area (Å²) in [5.41, 5.74) is 5.68. The molecule has 0 aliphatic heterocycles. The summed E-state index contributed by atoms with van der Waals surface area (Å²) >= 11 is 2.23. The zero-order valence-electron chi connectivity index (χ0n) is 8.44. The highest BCUT2D eigenvalue weighted by Crippen LogP contribution is 2.34. The van der Waals surface area contributed by atoms with Gasteiger partial charge in [0.15, 0.2) is 0 Å². The van der Waals surface area contributed by atoms with E-state index < -0.39 is 12.0 Å². The number of allylic oxidation sites excluding steroid dienone is 3. The van der Waals surface area contributed by atoms with E-state index in [0.29, 0.717) is 12.8 Å². The first kappa shape index (κ1) is 12.5. The molecule has 2 atom stereocenters. The molecule has 0 aromatic rings. The quantitative estimate of drug-likeness (QED) is 0.468. The van der Waals surface area contributed by atoms with Crippen molar-refractivity contribution in [3.8, 4) is 0 Å². The molecule has 84 valence electrons. The molecular weight excluding hydrogens is 309 g/mol. The van der Waals surface area contributed by atoms with Crippen LogP contribution in [-0.4, -0.2) is 27.6 Å². The van der Waals surface area contributed by atoms with Crippen molar-refractivity contribution in [3.63, 3.8) is 0 Å². The number of hydrogen-bond acceptors (Lipinski definition) is 4. The lowest BCUT2D eigenvalue weighted by atomic mass is 9.93. The molecule has 0 saturated heterocycles. The fourth-order valence-corrected chi connectivity index (χ4v) is 2.27. The highest BCUT2D eigenvalue weighted by Gasteiger charge is 2.30. The number of carbonyl (C=O) groups excluding carboxylic acids is 1. The van der Waals surface area contributed by atoms with Crippen molar-refractivity contribution in [1.82, 2.24) is 0 Å². The smallest absolute Gasteiger partial charge is 0.322 e. The first-order valence-electron chi connectivity index (χ1n) is 4.57. The van der Waals surface area contributed by atoms with Gasteiger partial charge >= 0.3 is 5.97 Å². The van der Waals surface area contributed by atoms with Crippen LogP contribution in [0, 0.1) is 0 Å². The first-order chi connectivity index (χ1) is 6.97. The number of aliphatic hydroxyl groups excluding tert-OH is 1. The maximum atomic E-state index is 11.2. The molecule has 0 saturated carbocycles. The predicted octanol–water partition coefficient (Wildman–Crippen LogP) is 1.45. The molecule has 0 aromatic heterocycles. The topological polar surface area (TPSA) is 72.5 Å². The minimum atomic E-state index is -0.620. The third-order valence-corrected chi connectivity index (χ3v) is 3.51. The lowest BCUT2D eigenvalue weighted by molar-refractivity contribution is -0.142. The summed E-state index contributed by atoms with van der Waals surface area (Å²) in [7, 11) is 1.32. The Hall–Kier alpha value is -0.560. The van der Waals surface area contributed by atoms with E-state index in [0.717, 1.165) is 0 Å². The average Bonchev–Trinajstić information content (AvgIpc) is 2.21. The Labute approximate surface area is 102 Å². The molecule has 1 rings (SSSR count). The van der Waals surface area contributed by atoms with Crippen molar-refractivity contribution in [2.45, 2.75) is 22.3 Å². The summed E-state index contributed by atoms with van der Waals surface area (Å²) in [4.78, 5) is 11.2. The van der Waals surface area contributed by atoms with Gasteiger partial charge in [-0.25, -0.2) is 0 Å². The molecule has 0 fully saturated rings. The Balaban J connectivity index is 2.59. The third-order valence-electron chi connectivity index (χ3n) is 2.27. The molecule has 1 unspecified atom stereocenters. The molecule has 0 bridgehead atoms. The van der Waals surface area contributed by atoms with Gasteiger partial charge in [0, 0.05) is 3.42 Å². The second-order valence-corrected chi connectivity index (χ2v) is 5.68. The third kappa shape index (κ3) is 3.49. The van der Waals surface area contributed by atoms with Crippen LogP contribution in [0.25, 0.3) is 0 Å². The van der Waals surface area contributed by atoms with E-state index in [9.17, 15) is 9.90 Å². The first-order valence-corrected chi connectivity index (χ1v) is 5.65. The van der Waals surface area contributed by atoms with Crippen molar-refractivity contribution >= 4 is 28.6 Å². The van der Waals surface area contributed by atoms with Gasteiger partial charge in [0.25, 0.3) is 0 Å². The predicted molar refractivity (Wildman–Crippen MR) is 65.8 cm³/mol. The van der Waals surface area contributed by atoms with Crippen LogP contribution in [0.15, 0.2) is 24.0 Å². The normalized spacial score (nSPS) is 27.0. The summed E-state index contributed by atoms with van der Waals surface area (Å²) in [5.74, 6) is -0.146. The lowest BCUT2D eigenvalue weighted by Gasteiger charge is -2.27. The van der Waals surface area contributed by atoms with Crippen molar-refractivity contribution in [3.05, 3.63) is 24.0 Å². The average molecular weight is 323 g/mol. The van der Waals surface area contributed by atoms with E-state index in [1.807, 2.05) is 6.08 Å². The molecule has 1 aliphatic carbocycles. The van der Waals surface area contributed by atoms with Crippen LogP contribution in [0.1, 0.15) is 12.8 Å². The number of alkyl halides is 1. The zero-order valence-corrected chi connectivity index (χ0v) is 10.6. The van der Waals surface area contributed by atoms with Crippen LogP contribution in [-0.2, 0) is 9.53 Å². The highest BCUT2D eigenvalue weighted by molar-refractivity contribution is 14.1. The van der Waals surface area contributed by atoms with Crippen LogP contribution in [0.2, 0.25) is 0 Å². The number of ether oxygens (including phenoxy) is 1. The Morgan fingerprint density at radius 3 is 3.00 bits per heavy atom. The van der Waals surface area contributed by atoms with Crippen LogP contribution in [0.3, 0.4) is 0 Å². The molecule has 4 nitrogen and oxygen atoms in total. The van der Waals surface area contributed by atoms with Crippen molar-refractivity contribution in [2.24, 2.45) is 5.73 Å². The molecule has 0 radical (unpaired) electrons. The molecule has 3 N–H and O–H groups in total.